The Balaban J connectivity index is 1.95. The molecule has 3 rings (SSSR count). The summed E-state index contributed by atoms with van der Waals surface area (Å²) in [7, 11) is 1.70. The number of hydrogen-bond donors (Lipinski definition) is 1. The fourth-order valence-corrected chi connectivity index (χ4v) is 3.04. The van der Waals surface area contributed by atoms with Crippen molar-refractivity contribution in [3.63, 3.8) is 0 Å². The Bertz CT molecular complexity index is 982. The highest BCUT2D eigenvalue weighted by atomic mass is 32.1. The largest absolute Gasteiger partial charge is 0.324 e. The Hall–Kier alpha value is -2.94. The average molecular weight is 345 g/mol. The molecule has 2 aromatic heterocycles. The van der Waals surface area contributed by atoms with E-state index in [9.17, 15) is 14.1 Å². The molecule has 122 valence electrons. The number of benzene rings is 1. The van der Waals surface area contributed by atoms with E-state index >= 15 is 0 Å². The van der Waals surface area contributed by atoms with E-state index in [1.165, 1.54) is 12.1 Å². The van der Waals surface area contributed by atoms with Gasteiger partial charge in [-0.25, -0.2) is 14.4 Å². The number of hydrogen-bond acceptors (Lipinski definition) is 7. The van der Waals surface area contributed by atoms with Gasteiger partial charge < -0.3 is 9.88 Å². The molecule has 0 amide bonds. The predicted octanol–water partition coefficient (Wildman–Crippen LogP) is 3.49. The van der Waals surface area contributed by atoms with Gasteiger partial charge in [0.25, 0.3) is 0 Å². The molecule has 2 heterocycles. The van der Waals surface area contributed by atoms with Gasteiger partial charge in [0.2, 0.25) is 5.95 Å². The molecule has 0 aliphatic heterocycles. The lowest BCUT2D eigenvalue weighted by molar-refractivity contribution is 0.630. The first-order valence-electron chi connectivity index (χ1n) is 6.89. The van der Waals surface area contributed by atoms with Crippen molar-refractivity contribution in [1.82, 2.24) is 14.5 Å². The van der Waals surface area contributed by atoms with Crippen molar-refractivity contribution in [3.8, 4) is 10.6 Å². The molecule has 0 radical (unpaired) electrons. The van der Waals surface area contributed by atoms with Crippen molar-refractivity contribution in [3.05, 3.63) is 56.5 Å². The van der Waals surface area contributed by atoms with Gasteiger partial charge in [-0.3, -0.25) is 4.79 Å². The molecule has 0 fully saturated rings. The van der Waals surface area contributed by atoms with E-state index in [0.717, 1.165) is 28.0 Å². The normalized spacial score (nSPS) is 10.6. The van der Waals surface area contributed by atoms with Crippen molar-refractivity contribution in [2.24, 2.45) is 12.2 Å². The average Bonchev–Trinajstić information content (AvgIpc) is 2.84. The van der Waals surface area contributed by atoms with Crippen LogP contribution in [0.5, 0.6) is 0 Å². The number of anilines is 2. The molecule has 0 saturated heterocycles. The summed E-state index contributed by atoms with van der Waals surface area (Å²) in [5, 5.41) is 5.51. The van der Waals surface area contributed by atoms with Gasteiger partial charge in [0.1, 0.15) is 5.69 Å². The Morgan fingerprint density at radius 1 is 1.33 bits per heavy atom. The lowest BCUT2D eigenvalue weighted by Crippen LogP contribution is -2.08. The third-order valence-corrected chi connectivity index (χ3v) is 4.64. The summed E-state index contributed by atoms with van der Waals surface area (Å²) < 4.78 is 14.8. The summed E-state index contributed by atoms with van der Waals surface area (Å²) in [6.45, 7) is 1.84. The molecule has 0 atom stereocenters. The minimum Gasteiger partial charge on any atom is -0.324 e. The van der Waals surface area contributed by atoms with E-state index in [0.29, 0.717) is 11.4 Å². The van der Waals surface area contributed by atoms with Crippen molar-refractivity contribution in [2.75, 3.05) is 5.32 Å². The summed E-state index contributed by atoms with van der Waals surface area (Å²) in [5.74, 6) is -0.436. The molecule has 0 spiro atoms. The molecule has 7 nitrogen and oxygen atoms in total. The zero-order chi connectivity index (χ0) is 17.3. The standard InChI is InChI=1S/C15H12FN5O2S/c1-8-13(24-15(22)21(8)2)11-5-6-17-14(19-11)18-9-3-4-10(16)12(7-9)20-23/h3-7H,1-2H3,(H,17,18,19). The van der Waals surface area contributed by atoms with Gasteiger partial charge in [-0.15, -0.1) is 4.91 Å². The second kappa shape index (κ2) is 6.28. The Kier molecular flexibility index (Phi) is 4.17. The first kappa shape index (κ1) is 15.9. The Morgan fingerprint density at radius 2 is 2.12 bits per heavy atom. The maximum Gasteiger partial charge on any atom is 0.307 e. The Labute approximate surface area is 139 Å². The summed E-state index contributed by atoms with van der Waals surface area (Å²) in [6.07, 6.45) is 1.55. The highest BCUT2D eigenvalue weighted by Gasteiger charge is 2.12. The molecule has 0 unspecified atom stereocenters. The molecule has 1 N–H and O–H groups in total. The molecule has 24 heavy (non-hydrogen) atoms. The van der Waals surface area contributed by atoms with Crippen LogP contribution in [-0.2, 0) is 7.05 Å². The van der Waals surface area contributed by atoms with Crippen LogP contribution in [0.2, 0.25) is 0 Å². The molecule has 0 saturated carbocycles. The summed E-state index contributed by atoms with van der Waals surface area (Å²) in [4.78, 5) is 31.5. The molecule has 3 aromatic rings. The van der Waals surface area contributed by atoms with E-state index < -0.39 is 5.82 Å². The summed E-state index contributed by atoms with van der Waals surface area (Å²) >= 11 is 1.10. The van der Waals surface area contributed by atoms with Crippen LogP contribution in [0.3, 0.4) is 0 Å². The zero-order valence-electron chi connectivity index (χ0n) is 12.8. The number of nitroso groups, excluding NO2 is 1. The van der Waals surface area contributed by atoms with Crippen LogP contribution in [0.25, 0.3) is 10.6 Å². The van der Waals surface area contributed by atoms with E-state index in [2.05, 4.69) is 20.5 Å². The number of thiazole rings is 1. The van der Waals surface area contributed by atoms with Crippen LogP contribution in [-0.4, -0.2) is 14.5 Å². The number of aromatic nitrogens is 3. The fraction of sp³-hybridized carbons (Fsp3) is 0.133. The highest BCUT2D eigenvalue weighted by Crippen LogP contribution is 2.27. The third kappa shape index (κ3) is 2.93. The minimum atomic E-state index is -0.699. The van der Waals surface area contributed by atoms with Crippen molar-refractivity contribution < 1.29 is 4.39 Å². The van der Waals surface area contributed by atoms with E-state index in [1.807, 2.05) is 6.92 Å². The summed E-state index contributed by atoms with van der Waals surface area (Å²) in [5.41, 5.74) is 1.54. The van der Waals surface area contributed by atoms with Gasteiger partial charge in [0.15, 0.2) is 5.82 Å². The van der Waals surface area contributed by atoms with Crippen LogP contribution < -0.4 is 10.2 Å². The monoisotopic (exact) mass is 345 g/mol. The molecule has 0 bridgehead atoms. The van der Waals surface area contributed by atoms with Gasteiger partial charge in [-0.05, 0) is 36.4 Å². The topological polar surface area (TPSA) is 89.2 Å². The van der Waals surface area contributed by atoms with Gasteiger partial charge in [-0.1, -0.05) is 11.3 Å². The van der Waals surface area contributed by atoms with Crippen LogP contribution in [0.4, 0.5) is 21.7 Å². The molecule has 9 heteroatoms. The number of nitrogens with zero attached hydrogens (tertiary/aromatic N) is 4. The SMILES string of the molecule is Cc1c(-c2ccnc(Nc3ccc(F)c(N=O)c3)n2)sc(=O)n1C. The molecular weight excluding hydrogens is 333 g/mol. The second-order valence-corrected chi connectivity index (χ2v) is 5.95. The lowest BCUT2D eigenvalue weighted by atomic mass is 10.2. The van der Waals surface area contributed by atoms with E-state index in [-0.39, 0.29) is 16.5 Å². The van der Waals surface area contributed by atoms with Gasteiger partial charge in [-0.2, -0.15) is 0 Å². The Morgan fingerprint density at radius 3 is 2.79 bits per heavy atom. The number of rotatable bonds is 4. The van der Waals surface area contributed by atoms with Crippen molar-refractivity contribution in [2.45, 2.75) is 6.92 Å². The van der Waals surface area contributed by atoms with Crippen LogP contribution >= 0.6 is 11.3 Å². The van der Waals surface area contributed by atoms with Gasteiger partial charge in [0, 0.05) is 24.6 Å². The maximum absolute atomic E-state index is 13.3. The zero-order valence-corrected chi connectivity index (χ0v) is 13.6. The molecule has 0 aliphatic carbocycles. The fourth-order valence-electron chi connectivity index (χ4n) is 2.09. The van der Waals surface area contributed by atoms with E-state index in [4.69, 9.17) is 0 Å². The second-order valence-electron chi connectivity index (χ2n) is 4.99. The van der Waals surface area contributed by atoms with Crippen molar-refractivity contribution >= 4 is 28.7 Å². The first-order valence-corrected chi connectivity index (χ1v) is 7.71. The van der Waals surface area contributed by atoms with Gasteiger partial charge in [0.05, 0.1) is 10.6 Å². The molecular formula is C15H12FN5O2S. The minimum absolute atomic E-state index is 0.0733. The van der Waals surface area contributed by atoms with E-state index in [1.54, 1.807) is 23.9 Å². The third-order valence-electron chi connectivity index (χ3n) is 3.48. The quantitative estimate of drug-likeness (QED) is 0.731. The van der Waals surface area contributed by atoms with Crippen LogP contribution in [0, 0.1) is 17.6 Å². The maximum atomic E-state index is 13.3. The van der Waals surface area contributed by atoms with Crippen LogP contribution in [0.1, 0.15) is 5.69 Å². The predicted molar refractivity (Wildman–Crippen MR) is 90.5 cm³/mol. The number of halogens is 1. The summed E-state index contributed by atoms with van der Waals surface area (Å²) in [6, 6.07) is 5.55. The van der Waals surface area contributed by atoms with Gasteiger partial charge >= 0.3 is 4.87 Å². The molecule has 0 aliphatic rings. The highest BCUT2D eigenvalue weighted by molar-refractivity contribution is 7.13. The molecule has 1 aromatic carbocycles. The number of nitrogens with one attached hydrogen (secondary N) is 1. The smallest absolute Gasteiger partial charge is 0.307 e. The lowest BCUT2D eigenvalue weighted by Gasteiger charge is -2.07. The van der Waals surface area contributed by atoms with Crippen molar-refractivity contribution in [1.29, 1.82) is 0 Å². The first-order chi connectivity index (χ1) is 11.5. The van der Waals surface area contributed by atoms with Crippen LogP contribution in [0.15, 0.2) is 40.4 Å².